The summed E-state index contributed by atoms with van der Waals surface area (Å²) >= 11 is 0. The number of benzene rings is 1. The normalized spacial score (nSPS) is 18.3. The molecule has 52 heavy (non-hydrogen) atoms. The fourth-order valence-electron chi connectivity index (χ4n) is 5.69. The number of aromatic hydroxyl groups is 1. The van der Waals surface area contributed by atoms with Crippen LogP contribution < -0.4 is 10.6 Å². The van der Waals surface area contributed by atoms with E-state index >= 15 is 0 Å². The molecule has 4 atom stereocenters. The van der Waals surface area contributed by atoms with Crippen LogP contribution in [0.15, 0.2) is 29.3 Å². The van der Waals surface area contributed by atoms with Crippen LogP contribution in [0.4, 0.5) is 0 Å². The lowest BCUT2D eigenvalue weighted by atomic mass is 10.1. The number of hydrogen-bond acceptors (Lipinski definition) is 13. The molecule has 1 aromatic rings. The molecule has 0 unspecified atom stereocenters. The highest BCUT2D eigenvalue weighted by Gasteiger charge is 2.33. The number of phenolic OH excluding ortho intramolecular Hbond substituents is 1. The average molecular weight is 734 g/mol. The van der Waals surface area contributed by atoms with Gasteiger partial charge in [-0.25, -0.2) is 19.9 Å². The average Bonchev–Trinajstić information content (AvgIpc) is 3.56. The summed E-state index contributed by atoms with van der Waals surface area (Å²) in [6, 6.07) is 3.23. The Labute approximate surface area is 302 Å². The Bertz CT molecular complexity index is 1420. The monoisotopic (exact) mass is 733 g/mol. The van der Waals surface area contributed by atoms with Crippen molar-refractivity contribution in [1.82, 2.24) is 20.8 Å². The summed E-state index contributed by atoms with van der Waals surface area (Å²) in [6.45, 7) is 1.52. The van der Waals surface area contributed by atoms with E-state index in [0.717, 1.165) is 6.42 Å². The molecule has 1 saturated heterocycles. The van der Waals surface area contributed by atoms with Crippen molar-refractivity contribution in [1.29, 1.82) is 0 Å². The molecule has 0 bridgehead atoms. The van der Waals surface area contributed by atoms with Crippen LogP contribution in [-0.4, -0.2) is 118 Å². The second-order valence-corrected chi connectivity index (χ2v) is 12.9. The molecule has 2 aliphatic heterocycles. The first-order valence-corrected chi connectivity index (χ1v) is 17.7. The number of carbonyl (C=O) groups is 6. The number of rotatable bonds is 20. The van der Waals surface area contributed by atoms with Gasteiger partial charge in [0.1, 0.15) is 30.5 Å². The van der Waals surface area contributed by atoms with Gasteiger partial charge in [0, 0.05) is 25.9 Å². The van der Waals surface area contributed by atoms with Gasteiger partial charge in [-0.1, -0.05) is 25.0 Å². The molecule has 0 saturated carbocycles. The van der Waals surface area contributed by atoms with Gasteiger partial charge < -0.3 is 30.0 Å². The second-order valence-electron chi connectivity index (χ2n) is 12.9. The van der Waals surface area contributed by atoms with E-state index in [9.17, 15) is 44.3 Å². The molecule has 5 N–H and O–H groups in total. The Morgan fingerprint density at radius 3 is 2.52 bits per heavy atom. The number of para-hydroxylation sites is 1. The van der Waals surface area contributed by atoms with Gasteiger partial charge in [-0.3, -0.25) is 34.4 Å². The summed E-state index contributed by atoms with van der Waals surface area (Å²) in [6.07, 6.45) is 4.12. The van der Waals surface area contributed by atoms with Crippen LogP contribution in [0.3, 0.4) is 0 Å². The number of carbonyl (C=O) groups excluding carboxylic acids is 6. The lowest BCUT2D eigenvalue weighted by molar-refractivity contribution is -0.167. The standard InChI is InChI=1S/C35H51N5O12/c1-23(21-29(42)36-25-14-9-12-20-40(49)34(25)46)52-35(47)26(37-32(45)27-22-51-33(38-27)24-13-7-8-16-28(24)41)15-10-11-19-39(48)30(43)17-5-3-4-6-18-31(44)50-2/h7-8,13,16,23,25-27,41,48-49H,3-6,9-12,14-15,17-22H2,1-2H3,(H,36,42)(H,37,45)/t23-,25+,26+,27+/m1/s1. The number of esters is 2. The summed E-state index contributed by atoms with van der Waals surface area (Å²) < 4.78 is 15.7. The van der Waals surface area contributed by atoms with E-state index in [1.54, 1.807) is 18.2 Å². The molecule has 3 rings (SSSR count). The van der Waals surface area contributed by atoms with E-state index in [4.69, 9.17) is 9.47 Å². The van der Waals surface area contributed by atoms with Gasteiger partial charge in [0.15, 0.2) is 6.04 Å². The fraction of sp³-hybridized carbons (Fsp3) is 0.629. The number of hydrogen-bond donors (Lipinski definition) is 5. The van der Waals surface area contributed by atoms with Crippen molar-refractivity contribution < 1.29 is 58.5 Å². The smallest absolute Gasteiger partial charge is 0.328 e. The minimum Gasteiger partial charge on any atom is -0.507 e. The molecular formula is C35H51N5O12. The number of amides is 4. The van der Waals surface area contributed by atoms with Crippen LogP contribution in [0.1, 0.15) is 96.0 Å². The molecule has 2 heterocycles. The van der Waals surface area contributed by atoms with Gasteiger partial charge in [-0.15, -0.1) is 0 Å². The third-order valence-corrected chi connectivity index (χ3v) is 8.63. The maximum atomic E-state index is 13.3. The lowest BCUT2D eigenvalue weighted by Crippen LogP contribution is -2.48. The summed E-state index contributed by atoms with van der Waals surface area (Å²) in [5.74, 6) is -3.38. The van der Waals surface area contributed by atoms with Gasteiger partial charge >= 0.3 is 11.9 Å². The van der Waals surface area contributed by atoms with Gasteiger partial charge in [0.2, 0.25) is 23.6 Å². The molecule has 0 aromatic heterocycles. The predicted octanol–water partition coefficient (Wildman–Crippen LogP) is 2.13. The minimum absolute atomic E-state index is 0.0106. The predicted molar refractivity (Wildman–Crippen MR) is 183 cm³/mol. The Morgan fingerprint density at radius 1 is 1.06 bits per heavy atom. The van der Waals surface area contributed by atoms with Crippen LogP contribution in [-0.2, 0) is 43.0 Å². The molecule has 17 nitrogen and oxygen atoms in total. The van der Waals surface area contributed by atoms with Crippen molar-refractivity contribution in [2.45, 2.75) is 115 Å². The summed E-state index contributed by atoms with van der Waals surface area (Å²) in [5.41, 5.74) is 0.305. The van der Waals surface area contributed by atoms with E-state index in [1.165, 1.54) is 20.1 Å². The van der Waals surface area contributed by atoms with Gasteiger partial charge in [-0.05, 0) is 70.4 Å². The van der Waals surface area contributed by atoms with Gasteiger partial charge in [0.05, 0.1) is 19.1 Å². The van der Waals surface area contributed by atoms with Crippen LogP contribution in [0.25, 0.3) is 0 Å². The van der Waals surface area contributed by atoms with Crippen LogP contribution >= 0.6 is 0 Å². The first-order valence-electron chi connectivity index (χ1n) is 17.7. The Hall–Kier alpha value is -4.77. The highest BCUT2D eigenvalue weighted by atomic mass is 16.5. The summed E-state index contributed by atoms with van der Waals surface area (Å²) in [4.78, 5) is 79.4. The topological polar surface area (TPSA) is 234 Å². The first-order chi connectivity index (χ1) is 24.9. The number of methoxy groups -OCH3 is 1. The van der Waals surface area contributed by atoms with E-state index in [1.807, 2.05) is 0 Å². The number of nitrogens with zero attached hydrogens (tertiary/aromatic N) is 3. The van der Waals surface area contributed by atoms with E-state index < -0.39 is 53.8 Å². The third kappa shape index (κ3) is 13.7. The van der Waals surface area contributed by atoms with Crippen LogP contribution in [0, 0.1) is 0 Å². The molecule has 17 heteroatoms. The summed E-state index contributed by atoms with van der Waals surface area (Å²) in [7, 11) is 1.33. The number of unbranched alkanes of at least 4 members (excludes halogenated alkanes) is 4. The van der Waals surface area contributed by atoms with Crippen LogP contribution in [0.2, 0.25) is 0 Å². The molecule has 0 aliphatic carbocycles. The fourth-order valence-corrected chi connectivity index (χ4v) is 5.69. The molecule has 288 valence electrons. The molecule has 1 aromatic carbocycles. The molecule has 1 fully saturated rings. The number of nitrogens with one attached hydrogen (secondary N) is 2. The Balaban J connectivity index is 1.54. The molecular weight excluding hydrogens is 682 g/mol. The zero-order valence-electron chi connectivity index (χ0n) is 29.8. The number of ether oxygens (including phenoxy) is 3. The van der Waals surface area contributed by atoms with E-state index in [0.29, 0.717) is 73.5 Å². The number of aliphatic imine (C=N–C) groups is 1. The Kier molecular flexibility index (Phi) is 17.3. The Morgan fingerprint density at radius 2 is 1.79 bits per heavy atom. The van der Waals surface area contributed by atoms with Gasteiger partial charge in [-0.2, -0.15) is 0 Å². The highest BCUT2D eigenvalue weighted by Crippen LogP contribution is 2.21. The van der Waals surface area contributed by atoms with E-state index in [-0.39, 0.29) is 56.6 Å². The molecule has 4 amide bonds. The van der Waals surface area contributed by atoms with Crippen molar-refractivity contribution in [2.24, 2.45) is 4.99 Å². The zero-order chi connectivity index (χ0) is 38.0. The van der Waals surface area contributed by atoms with Crippen molar-refractivity contribution in [2.75, 3.05) is 26.8 Å². The maximum absolute atomic E-state index is 13.3. The lowest BCUT2D eigenvalue weighted by Gasteiger charge is -2.23. The van der Waals surface area contributed by atoms with Crippen LogP contribution in [0.5, 0.6) is 5.75 Å². The maximum Gasteiger partial charge on any atom is 0.328 e. The number of phenols is 1. The quantitative estimate of drug-likeness (QED) is 0.0561. The molecule has 0 radical (unpaired) electrons. The van der Waals surface area contributed by atoms with E-state index in [2.05, 4.69) is 20.4 Å². The second kappa shape index (κ2) is 21.6. The minimum atomic E-state index is -1.18. The molecule has 2 aliphatic rings. The first kappa shape index (κ1) is 41.6. The van der Waals surface area contributed by atoms with Crippen molar-refractivity contribution in [3.63, 3.8) is 0 Å². The third-order valence-electron chi connectivity index (χ3n) is 8.63. The zero-order valence-corrected chi connectivity index (χ0v) is 29.8. The van der Waals surface area contributed by atoms with Gasteiger partial charge in [0.25, 0.3) is 5.91 Å². The molecule has 0 spiro atoms. The number of hydroxylamine groups is 4. The van der Waals surface area contributed by atoms with Crippen molar-refractivity contribution in [3.05, 3.63) is 29.8 Å². The highest BCUT2D eigenvalue weighted by molar-refractivity contribution is 6.00. The SMILES string of the molecule is COC(=O)CCCCCCC(=O)N(O)CCCC[C@H](NC(=O)[C@@H]1COC(c2ccccc2O)=N1)C(=O)O[C@H](C)CC(=O)N[C@H]1CCCCN(O)C1=O. The summed E-state index contributed by atoms with van der Waals surface area (Å²) in [5, 5.41) is 36.6. The largest absolute Gasteiger partial charge is 0.507 e. The van der Waals surface area contributed by atoms with Crippen molar-refractivity contribution in [3.8, 4) is 5.75 Å². The van der Waals surface area contributed by atoms with Crippen molar-refractivity contribution >= 4 is 41.5 Å².